The first-order valence-corrected chi connectivity index (χ1v) is 12.1. The van der Waals surface area contributed by atoms with Crippen LogP contribution in [0.1, 0.15) is 19.3 Å². The third-order valence-corrected chi connectivity index (χ3v) is 4.74. The largest absolute Gasteiger partial charge is 3.00 e. The van der Waals surface area contributed by atoms with Gasteiger partial charge in [0.05, 0.1) is 17.9 Å². The molecule has 3 atom stereocenters. The fraction of sp³-hybridized carbons (Fsp3) is 0.800. The van der Waals surface area contributed by atoms with Crippen molar-refractivity contribution < 1.29 is 47.1 Å². The SMILES string of the molecule is CSCC[C@H](N)C(=O)[O-].CSCC[C@H](N)C(=O)[O-].CSCC[C@H](N)C(=O)[O-].[Cr+3]. The second-order valence-electron chi connectivity index (χ2n) is 5.12. The third kappa shape index (κ3) is 28.1. The van der Waals surface area contributed by atoms with Crippen LogP contribution in [0.4, 0.5) is 0 Å². The second-order valence-corrected chi connectivity index (χ2v) is 8.08. The topological polar surface area (TPSA) is 198 Å². The average Bonchev–Trinajstić information content (AvgIpc) is 2.62. The number of carbonyl (C=O) groups excluding carboxylic acids is 3. The van der Waals surface area contributed by atoms with Gasteiger partial charge in [-0.2, -0.15) is 35.3 Å². The first kappa shape index (κ1) is 35.3. The van der Waals surface area contributed by atoms with Gasteiger partial charge in [-0.25, -0.2) is 0 Å². The molecule has 0 rings (SSSR count). The van der Waals surface area contributed by atoms with E-state index in [1.807, 2.05) is 18.8 Å². The Labute approximate surface area is 190 Å². The third-order valence-electron chi connectivity index (χ3n) is 2.81. The van der Waals surface area contributed by atoms with Crippen molar-refractivity contribution in [2.75, 3.05) is 36.0 Å². The molecule has 0 spiro atoms. The summed E-state index contributed by atoms with van der Waals surface area (Å²) in [6.07, 6.45) is 7.18. The van der Waals surface area contributed by atoms with Gasteiger partial charge in [-0.3, -0.25) is 0 Å². The first-order chi connectivity index (χ1) is 12.5. The van der Waals surface area contributed by atoms with E-state index in [-0.39, 0.29) is 17.4 Å². The van der Waals surface area contributed by atoms with Crippen molar-refractivity contribution in [3.8, 4) is 0 Å². The minimum Gasteiger partial charge on any atom is -0.548 e. The van der Waals surface area contributed by atoms with Crippen molar-refractivity contribution in [1.82, 2.24) is 0 Å². The summed E-state index contributed by atoms with van der Waals surface area (Å²) in [5, 5.41) is 29.9. The van der Waals surface area contributed by atoms with Crippen LogP contribution in [-0.4, -0.2) is 72.1 Å². The minimum absolute atomic E-state index is 0. The monoisotopic (exact) mass is 496 g/mol. The van der Waals surface area contributed by atoms with Crippen molar-refractivity contribution in [2.45, 2.75) is 37.4 Å². The van der Waals surface area contributed by atoms with Gasteiger partial charge in [-0.15, -0.1) is 0 Å². The van der Waals surface area contributed by atoms with Crippen molar-refractivity contribution >= 4 is 53.2 Å². The molecule has 0 saturated carbocycles. The van der Waals surface area contributed by atoms with Crippen LogP contribution in [0.15, 0.2) is 0 Å². The summed E-state index contributed by atoms with van der Waals surface area (Å²) in [5.74, 6) is -1.17. The fourth-order valence-electron chi connectivity index (χ4n) is 1.09. The van der Waals surface area contributed by atoms with Crippen molar-refractivity contribution in [1.29, 1.82) is 0 Å². The molecule has 1 radical (unpaired) electrons. The Bertz CT molecular complexity index is 354. The van der Waals surface area contributed by atoms with Crippen LogP contribution in [0.5, 0.6) is 0 Å². The molecule has 9 nitrogen and oxygen atoms in total. The van der Waals surface area contributed by atoms with Crippen LogP contribution in [-0.2, 0) is 31.7 Å². The number of carboxylic acids is 3. The zero-order chi connectivity index (χ0) is 21.8. The van der Waals surface area contributed by atoms with E-state index in [9.17, 15) is 29.7 Å². The maximum atomic E-state index is 9.96. The predicted octanol–water partition coefficient (Wildman–Crippen LogP) is -3.55. The van der Waals surface area contributed by atoms with Gasteiger partial charge >= 0.3 is 17.4 Å². The molecule has 0 unspecified atom stereocenters. The number of hydrogen-bond donors (Lipinski definition) is 3. The molecule has 0 fully saturated rings. The second kappa shape index (κ2) is 24.9. The Morgan fingerprint density at radius 2 is 0.821 bits per heavy atom. The summed E-state index contributed by atoms with van der Waals surface area (Å²) in [7, 11) is 0. The molecule has 28 heavy (non-hydrogen) atoms. The van der Waals surface area contributed by atoms with E-state index in [2.05, 4.69) is 0 Å². The smallest absolute Gasteiger partial charge is 0.548 e. The Hall–Kier alpha value is -0.128. The Morgan fingerprint density at radius 1 is 0.643 bits per heavy atom. The molecule has 0 aliphatic carbocycles. The van der Waals surface area contributed by atoms with Crippen LogP contribution < -0.4 is 32.5 Å². The van der Waals surface area contributed by atoms with Crippen LogP contribution in [0.2, 0.25) is 0 Å². The van der Waals surface area contributed by atoms with Gasteiger partial charge in [-0.1, -0.05) is 0 Å². The van der Waals surface area contributed by atoms with E-state index >= 15 is 0 Å². The summed E-state index contributed by atoms with van der Waals surface area (Å²) in [4.78, 5) is 29.9. The number of carbonyl (C=O) groups is 3. The quantitative estimate of drug-likeness (QED) is 0.241. The molecule has 0 aliphatic heterocycles. The minimum atomic E-state index is -1.16. The summed E-state index contributed by atoms with van der Waals surface area (Å²) in [5.41, 5.74) is 15.4. The number of aliphatic carboxylic acids is 3. The maximum absolute atomic E-state index is 9.96. The van der Waals surface area contributed by atoms with Gasteiger partial charge in [0, 0.05) is 18.1 Å². The zero-order valence-corrected chi connectivity index (χ0v) is 20.0. The summed E-state index contributed by atoms with van der Waals surface area (Å²) < 4.78 is 0. The van der Waals surface area contributed by atoms with Crippen LogP contribution in [0.3, 0.4) is 0 Å². The fourth-order valence-corrected chi connectivity index (χ4v) is 2.56. The zero-order valence-electron chi connectivity index (χ0n) is 16.3. The molecule has 13 heteroatoms. The molecular weight excluding hydrogens is 466 g/mol. The Balaban J connectivity index is -0.000000152. The van der Waals surface area contributed by atoms with Gasteiger partial charge < -0.3 is 46.9 Å². The van der Waals surface area contributed by atoms with Crippen molar-refractivity contribution in [3.63, 3.8) is 0 Å². The van der Waals surface area contributed by atoms with Crippen LogP contribution in [0.25, 0.3) is 0 Å². The molecule has 0 amide bonds. The van der Waals surface area contributed by atoms with Crippen LogP contribution >= 0.6 is 35.3 Å². The van der Waals surface area contributed by atoms with Gasteiger partial charge in [0.25, 0.3) is 0 Å². The van der Waals surface area contributed by atoms with E-state index in [1.54, 1.807) is 35.3 Å². The molecule has 0 bridgehead atoms. The standard InChI is InChI=1S/3C5H11NO2S.Cr/c3*1-9-3-2-4(6)5(7)8;/h3*4H,2-3,6H2,1H3,(H,7,8);/q;;;+3/p-3/t3*4-;/m000./s1. The van der Waals surface area contributed by atoms with Gasteiger partial charge in [-0.05, 0) is 55.3 Å². The van der Waals surface area contributed by atoms with Crippen molar-refractivity contribution in [2.24, 2.45) is 17.2 Å². The van der Waals surface area contributed by atoms with E-state index in [0.717, 1.165) is 17.3 Å². The average molecular weight is 497 g/mol. The molecule has 0 aromatic carbocycles. The van der Waals surface area contributed by atoms with Crippen molar-refractivity contribution in [3.05, 3.63) is 0 Å². The molecule has 0 aromatic heterocycles. The van der Waals surface area contributed by atoms with Gasteiger partial charge in [0.1, 0.15) is 0 Å². The number of hydrogen-bond acceptors (Lipinski definition) is 12. The summed E-state index contributed by atoms with van der Waals surface area (Å²) in [6.45, 7) is 0. The number of nitrogens with two attached hydrogens (primary N) is 3. The van der Waals surface area contributed by atoms with E-state index in [1.165, 1.54) is 0 Å². The van der Waals surface area contributed by atoms with Gasteiger partial charge in [0.2, 0.25) is 0 Å². The number of rotatable bonds is 12. The van der Waals surface area contributed by atoms with E-state index < -0.39 is 36.0 Å². The van der Waals surface area contributed by atoms with E-state index in [0.29, 0.717) is 19.3 Å². The van der Waals surface area contributed by atoms with Crippen LogP contribution in [0, 0.1) is 0 Å². The summed E-state index contributed by atoms with van der Waals surface area (Å²) >= 11 is 4.73. The molecule has 0 aromatic rings. The molecule has 0 heterocycles. The predicted molar refractivity (Wildman–Crippen MR) is 108 cm³/mol. The number of carboxylic acid groups (broad SMARTS) is 3. The Kier molecular flexibility index (Phi) is 31.4. The van der Waals surface area contributed by atoms with Gasteiger partial charge in [0.15, 0.2) is 0 Å². The Morgan fingerprint density at radius 3 is 0.929 bits per heavy atom. The molecular formula is C15H30CrN3O6S3. The molecule has 0 aliphatic rings. The number of thioether (sulfide) groups is 3. The maximum Gasteiger partial charge on any atom is 3.00 e. The van der Waals surface area contributed by atoms with E-state index in [4.69, 9.17) is 17.2 Å². The summed E-state index contributed by atoms with van der Waals surface area (Å²) in [6, 6.07) is -2.38. The first-order valence-electron chi connectivity index (χ1n) is 7.91. The molecule has 6 N–H and O–H groups in total. The molecule has 0 saturated heterocycles. The molecule has 165 valence electrons. The normalized spacial score (nSPS) is 12.6.